The summed E-state index contributed by atoms with van der Waals surface area (Å²) in [7, 11) is 1.98. The summed E-state index contributed by atoms with van der Waals surface area (Å²) in [6.07, 6.45) is 3.90. The maximum absolute atomic E-state index is 13.9. The number of hydrogen-bond acceptors (Lipinski definition) is 7. The predicted octanol–water partition coefficient (Wildman–Crippen LogP) is 3.02. The lowest BCUT2D eigenvalue weighted by Crippen LogP contribution is -2.39. The van der Waals surface area contributed by atoms with Gasteiger partial charge >= 0.3 is 5.97 Å². The van der Waals surface area contributed by atoms with E-state index in [0.29, 0.717) is 32.1 Å². The quantitative estimate of drug-likeness (QED) is 0.402. The smallest absolute Gasteiger partial charge is 0.338 e. The number of carbonyl (C=O) groups excluding carboxylic acids is 1. The number of ether oxygens (including phenoxy) is 3. The number of thiazole rings is 1. The molecule has 6 rings (SSSR count). The van der Waals surface area contributed by atoms with Crippen molar-refractivity contribution in [3.63, 3.8) is 0 Å². The Kier molecular flexibility index (Phi) is 5.30. The fraction of sp³-hybridized carbons (Fsp3) is 0.222. The van der Waals surface area contributed by atoms with Gasteiger partial charge in [0.05, 0.1) is 28.5 Å². The molecule has 9 heteroatoms. The molecule has 0 fully saturated rings. The molecular weight excluding hydrogens is 478 g/mol. The molecule has 8 nitrogen and oxygen atoms in total. The van der Waals surface area contributed by atoms with Crippen molar-refractivity contribution >= 4 is 34.3 Å². The number of fused-ring (bicyclic) bond motifs is 3. The Hall–Kier alpha value is -4.11. The van der Waals surface area contributed by atoms with Gasteiger partial charge in [-0.25, -0.2) is 9.79 Å². The van der Waals surface area contributed by atoms with E-state index in [9.17, 15) is 9.59 Å². The van der Waals surface area contributed by atoms with Crippen LogP contribution in [0.1, 0.15) is 31.0 Å². The lowest BCUT2D eigenvalue weighted by Gasteiger charge is -2.24. The standard InChI is InChI=1S/C27H23N3O5S/c1-4-33-26(32)23-15(2)28-27-30(24(23)16-9-10-20-21(11-16)35-14-34-20)25(31)22(36-27)12-17-13-29(3)19-8-6-5-7-18(17)19/h5-13,24H,4,14H2,1-3H3/b22-12+. The molecule has 4 heterocycles. The Labute approximate surface area is 210 Å². The summed E-state index contributed by atoms with van der Waals surface area (Å²) in [5.41, 5.74) is 3.38. The molecule has 0 saturated carbocycles. The molecule has 4 aromatic rings. The Balaban J connectivity index is 1.58. The average Bonchev–Trinajstić information content (AvgIpc) is 3.55. The number of benzene rings is 2. The highest BCUT2D eigenvalue weighted by Gasteiger charge is 2.34. The van der Waals surface area contributed by atoms with Crippen LogP contribution in [-0.4, -0.2) is 28.5 Å². The summed E-state index contributed by atoms with van der Waals surface area (Å²) in [4.78, 5) is 32.1. The van der Waals surface area contributed by atoms with E-state index in [-0.39, 0.29) is 19.0 Å². The molecule has 0 saturated heterocycles. The van der Waals surface area contributed by atoms with E-state index in [1.807, 2.05) is 60.3 Å². The van der Waals surface area contributed by atoms with Gasteiger partial charge in [0.25, 0.3) is 5.56 Å². The number of nitrogens with zero attached hydrogens (tertiary/aromatic N) is 3. The molecular formula is C27H23N3O5S. The molecule has 2 aromatic heterocycles. The van der Waals surface area contributed by atoms with Crippen LogP contribution in [0.15, 0.2) is 69.7 Å². The first kappa shape index (κ1) is 22.4. The molecule has 0 bridgehead atoms. The monoisotopic (exact) mass is 501 g/mol. The molecule has 1 atom stereocenters. The van der Waals surface area contributed by atoms with Gasteiger partial charge in [-0.2, -0.15) is 0 Å². The summed E-state index contributed by atoms with van der Waals surface area (Å²) in [5, 5.41) is 1.06. The van der Waals surface area contributed by atoms with Crippen molar-refractivity contribution < 1.29 is 19.0 Å². The Morgan fingerprint density at radius 3 is 2.86 bits per heavy atom. The van der Waals surface area contributed by atoms with Gasteiger partial charge in [-0.1, -0.05) is 35.6 Å². The molecule has 0 radical (unpaired) electrons. The van der Waals surface area contributed by atoms with Gasteiger partial charge < -0.3 is 18.8 Å². The van der Waals surface area contributed by atoms with E-state index >= 15 is 0 Å². The first-order valence-corrected chi connectivity index (χ1v) is 12.4. The van der Waals surface area contributed by atoms with Crippen LogP contribution < -0.4 is 24.4 Å². The van der Waals surface area contributed by atoms with Gasteiger partial charge in [0.1, 0.15) is 0 Å². The summed E-state index contributed by atoms with van der Waals surface area (Å²) in [6, 6.07) is 12.8. The third-order valence-corrected chi connectivity index (χ3v) is 7.43. The zero-order valence-corrected chi connectivity index (χ0v) is 20.8. The highest BCUT2D eigenvalue weighted by atomic mass is 32.1. The van der Waals surface area contributed by atoms with Crippen molar-refractivity contribution in [1.82, 2.24) is 9.13 Å². The van der Waals surface area contributed by atoms with Crippen molar-refractivity contribution in [2.45, 2.75) is 19.9 Å². The van der Waals surface area contributed by atoms with E-state index in [0.717, 1.165) is 22.0 Å². The molecule has 2 aliphatic rings. The van der Waals surface area contributed by atoms with Crippen molar-refractivity contribution in [2.24, 2.45) is 12.0 Å². The number of esters is 1. The molecule has 36 heavy (non-hydrogen) atoms. The summed E-state index contributed by atoms with van der Waals surface area (Å²) >= 11 is 1.31. The van der Waals surface area contributed by atoms with Gasteiger partial charge in [-0.15, -0.1) is 0 Å². The van der Waals surface area contributed by atoms with Gasteiger partial charge in [0.2, 0.25) is 6.79 Å². The van der Waals surface area contributed by atoms with Gasteiger partial charge in [0, 0.05) is 29.7 Å². The first-order valence-electron chi connectivity index (χ1n) is 11.6. The SMILES string of the molecule is CCOC(=O)C1=C(C)N=c2s/c(=C/c3cn(C)c4ccccc34)c(=O)n2C1c1ccc2c(c1)OCO2. The number of rotatable bonds is 4. The van der Waals surface area contributed by atoms with Crippen LogP contribution in [0, 0.1) is 0 Å². The number of hydrogen-bond donors (Lipinski definition) is 0. The maximum atomic E-state index is 13.9. The molecule has 0 aliphatic carbocycles. The Morgan fingerprint density at radius 1 is 1.22 bits per heavy atom. The van der Waals surface area contributed by atoms with E-state index < -0.39 is 12.0 Å². The molecule has 0 amide bonds. The van der Waals surface area contributed by atoms with Crippen molar-refractivity contribution in [2.75, 3.05) is 13.4 Å². The minimum Gasteiger partial charge on any atom is -0.463 e. The number of aryl methyl sites for hydroxylation is 1. The third kappa shape index (κ3) is 3.46. The second kappa shape index (κ2) is 8.53. The Bertz CT molecular complexity index is 1760. The number of allylic oxidation sites excluding steroid dienone is 1. The van der Waals surface area contributed by atoms with Crippen molar-refractivity contribution in [3.8, 4) is 11.5 Å². The lowest BCUT2D eigenvalue weighted by atomic mass is 9.95. The van der Waals surface area contributed by atoms with Crippen LogP contribution in [0.2, 0.25) is 0 Å². The molecule has 0 spiro atoms. The Morgan fingerprint density at radius 2 is 2.03 bits per heavy atom. The van der Waals surface area contributed by atoms with Gasteiger partial charge in [-0.3, -0.25) is 9.36 Å². The zero-order chi connectivity index (χ0) is 25.0. The van der Waals surface area contributed by atoms with Crippen LogP contribution >= 0.6 is 11.3 Å². The topological polar surface area (TPSA) is 84.1 Å². The molecule has 1 unspecified atom stereocenters. The molecule has 2 aliphatic heterocycles. The number of para-hydroxylation sites is 1. The van der Waals surface area contributed by atoms with Crippen LogP contribution in [-0.2, 0) is 16.6 Å². The van der Waals surface area contributed by atoms with Gasteiger partial charge in [0.15, 0.2) is 16.3 Å². The van der Waals surface area contributed by atoms with Crippen LogP contribution in [0.3, 0.4) is 0 Å². The minimum absolute atomic E-state index is 0.131. The predicted molar refractivity (Wildman–Crippen MR) is 136 cm³/mol. The van der Waals surface area contributed by atoms with Crippen LogP contribution in [0.4, 0.5) is 0 Å². The molecule has 0 N–H and O–H groups in total. The largest absolute Gasteiger partial charge is 0.463 e. The van der Waals surface area contributed by atoms with E-state index in [1.165, 1.54) is 11.3 Å². The maximum Gasteiger partial charge on any atom is 0.338 e. The van der Waals surface area contributed by atoms with E-state index in [2.05, 4.69) is 4.99 Å². The zero-order valence-electron chi connectivity index (χ0n) is 20.0. The molecule has 2 aromatic carbocycles. The normalized spacial score (nSPS) is 16.9. The number of aromatic nitrogens is 2. The van der Waals surface area contributed by atoms with Crippen molar-refractivity contribution in [1.29, 1.82) is 0 Å². The van der Waals surface area contributed by atoms with Crippen LogP contribution in [0.5, 0.6) is 11.5 Å². The summed E-state index contributed by atoms with van der Waals surface area (Å²) in [5.74, 6) is 0.702. The highest BCUT2D eigenvalue weighted by molar-refractivity contribution is 7.07. The average molecular weight is 502 g/mol. The van der Waals surface area contributed by atoms with Crippen molar-refractivity contribution in [3.05, 3.63) is 90.7 Å². The minimum atomic E-state index is -0.704. The second-order valence-electron chi connectivity index (χ2n) is 8.63. The summed E-state index contributed by atoms with van der Waals surface area (Å²) in [6.45, 7) is 3.87. The van der Waals surface area contributed by atoms with Gasteiger partial charge in [-0.05, 0) is 43.7 Å². The highest BCUT2D eigenvalue weighted by Crippen LogP contribution is 2.38. The first-order chi connectivity index (χ1) is 17.5. The molecule has 182 valence electrons. The van der Waals surface area contributed by atoms with E-state index in [1.54, 1.807) is 24.5 Å². The van der Waals surface area contributed by atoms with E-state index in [4.69, 9.17) is 14.2 Å². The summed E-state index contributed by atoms with van der Waals surface area (Å²) < 4.78 is 20.6. The third-order valence-electron chi connectivity index (χ3n) is 6.44. The fourth-order valence-electron chi connectivity index (χ4n) is 4.82. The second-order valence-corrected chi connectivity index (χ2v) is 9.64. The number of carbonyl (C=O) groups is 1. The lowest BCUT2D eigenvalue weighted by molar-refractivity contribution is -0.139. The fourth-order valence-corrected chi connectivity index (χ4v) is 5.86. The van der Waals surface area contributed by atoms with Crippen LogP contribution in [0.25, 0.3) is 17.0 Å².